The number of nitrogens with one attached hydrogen (secondary N) is 1. The first-order valence-electron chi connectivity index (χ1n) is 9.67. The van der Waals surface area contributed by atoms with Gasteiger partial charge in [-0.3, -0.25) is 0 Å². The topological polar surface area (TPSA) is 32.3 Å². The Bertz CT molecular complexity index is 499. The fourth-order valence-electron chi connectivity index (χ4n) is 3.15. The molecule has 0 aliphatic carbocycles. The Morgan fingerprint density at radius 3 is 2.29 bits per heavy atom. The lowest BCUT2D eigenvalue weighted by atomic mass is 9.83. The fraction of sp³-hybridized carbons (Fsp3) is 0.727. The summed E-state index contributed by atoms with van der Waals surface area (Å²) < 4.78 is 0. The monoisotopic (exact) mass is 333 g/mol. The van der Waals surface area contributed by atoms with Crippen LogP contribution in [0.3, 0.4) is 0 Å². The number of phenolic OH excluding ortho intramolecular Hbond substituents is 1. The maximum atomic E-state index is 10.3. The van der Waals surface area contributed by atoms with Crippen LogP contribution in [0.5, 0.6) is 5.75 Å². The number of aromatic hydroxyl groups is 1. The molecule has 1 atom stereocenters. The summed E-state index contributed by atoms with van der Waals surface area (Å²) in [5, 5.41) is 14.0. The second kappa shape index (κ2) is 9.46. The van der Waals surface area contributed by atoms with Gasteiger partial charge in [0.15, 0.2) is 0 Å². The van der Waals surface area contributed by atoms with Crippen LogP contribution in [0.4, 0.5) is 0 Å². The third-order valence-electron chi connectivity index (χ3n) is 4.72. The summed E-state index contributed by atoms with van der Waals surface area (Å²) in [6.07, 6.45) is 6.12. The van der Waals surface area contributed by atoms with E-state index in [1.165, 1.54) is 24.8 Å². The van der Waals surface area contributed by atoms with Crippen molar-refractivity contribution in [3.05, 3.63) is 28.8 Å². The maximum Gasteiger partial charge on any atom is 0.122 e. The van der Waals surface area contributed by atoms with E-state index in [-0.39, 0.29) is 5.41 Å². The van der Waals surface area contributed by atoms with Gasteiger partial charge in [0.05, 0.1) is 0 Å². The average molecular weight is 334 g/mol. The first-order valence-corrected chi connectivity index (χ1v) is 9.67. The van der Waals surface area contributed by atoms with E-state index < -0.39 is 0 Å². The lowest BCUT2D eigenvalue weighted by molar-refractivity contribution is 0.442. The Morgan fingerprint density at radius 1 is 1.04 bits per heavy atom. The summed E-state index contributed by atoms with van der Waals surface area (Å²) >= 11 is 0. The van der Waals surface area contributed by atoms with Gasteiger partial charge in [-0.15, -0.1) is 0 Å². The van der Waals surface area contributed by atoms with Crippen molar-refractivity contribution in [3.63, 3.8) is 0 Å². The van der Waals surface area contributed by atoms with Crippen molar-refractivity contribution >= 4 is 0 Å². The van der Waals surface area contributed by atoms with Crippen molar-refractivity contribution in [1.29, 1.82) is 0 Å². The highest BCUT2D eigenvalue weighted by molar-refractivity contribution is 5.46. The van der Waals surface area contributed by atoms with Crippen molar-refractivity contribution in [2.75, 3.05) is 6.54 Å². The second-order valence-electron chi connectivity index (χ2n) is 8.84. The predicted octanol–water partition coefficient (Wildman–Crippen LogP) is 5.74. The minimum absolute atomic E-state index is 0.0198. The molecule has 0 fully saturated rings. The molecule has 0 saturated heterocycles. The quantitative estimate of drug-likeness (QED) is 0.565. The number of rotatable bonds is 9. The van der Waals surface area contributed by atoms with Gasteiger partial charge in [0.2, 0.25) is 0 Å². The zero-order valence-corrected chi connectivity index (χ0v) is 17.0. The van der Waals surface area contributed by atoms with Crippen LogP contribution >= 0.6 is 0 Å². The summed E-state index contributed by atoms with van der Waals surface area (Å²) in [6.45, 7) is 16.4. The summed E-state index contributed by atoms with van der Waals surface area (Å²) in [6, 6.07) is 4.93. The van der Waals surface area contributed by atoms with Gasteiger partial charge in [0.1, 0.15) is 5.75 Å². The lowest BCUT2D eigenvalue weighted by Crippen LogP contribution is -2.27. The van der Waals surface area contributed by atoms with Crippen LogP contribution in [0.2, 0.25) is 0 Å². The highest BCUT2D eigenvalue weighted by atomic mass is 16.3. The van der Waals surface area contributed by atoms with Crippen LogP contribution in [0, 0.1) is 12.8 Å². The summed E-state index contributed by atoms with van der Waals surface area (Å²) in [5.41, 5.74) is 3.37. The minimum atomic E-state index is -0.0198. The Hall–Kier alpha value is -1.02. The molecule has 0 heterocycles. The molecule has 0 aliphatic rings. The van der Waals surface area contributed by atoms with Crippen LogP contribution in [-0.2, 0) is 11.8 Å². The van der Waals surface area contributed by atoms with E-state index in [4.69, 9.17) is 0 Å². The number of phenols is 1. The standard InChI is InChI=1S/C22H39NO/c1-16(2)10-8-11-18(4)23-13-9-12-19-14-17(3)21(24)20(15-19)22(5,6)7/h14-16,18,23-24H,8-13H2,1-7H3. The average Bonchev–Trinajstić information content (AvgIpc) is 2.45. The molecular weight excluding hydrogens is 294 g/mol. The molecule has 1 rings (SSSR count). The highest BCUT2D eigenvalue weighted by Crippen LogP contribution is 2.34. The SMILES string of the molecule is Cc1cc(CCCNC(C)CCCC(C)C)cc(C(C)(C)C)c1O. The van der Waals surface area contributed by atoms with Gasteiger partial charge in [-0.05, 0) is 67.7 Å². The molecule has 24 heavy (non-hydrogen) atoms. The fourth-order valence-corrected chi connectivity index (χ4v) is 3.15. The molecule has 1 aromatic rings. The van der Waals surface area contributed by atoms with Crippen LogP contribution in [0.15, 0.2) is 12.1 Å². The van der Waals surface area contributed by atoms with Gasteiger partial charge in [0.25, 0.3) is 0 Å². The smallest absolute Gasteiger partial charge is 0.122 e. The molecule has 1 unspecified atom stereocenters. The van der Waals surface area contributed by atoms with Gasteiger partial charge < -0.3 is 10.4 Å². The van der Waals surface area contributed by atoms with E-state index in [1.54, 1.807) is 0 Å². The maximum absolute atomic E-state index is 10.3. The summed E-state index contributed by atoms with van der Waals surface area (Å²) in [5.74, 6) is 1.27. The highest BCUT2D eigenvalue weighted by Gasteiger charge is 2.20. The third-order valence-corrected chi connectivity index (χ3v) is 4.72. The molecule has 0 radical (unpaired) electrons. The van der Waals surface area contributed by atoms with E-state index in [0.29, 0.717) is 11.8 Å². The summed E-state index contributed by atoms with van der Waals surface area (Å²) in [7, 11) is 0. The molecule has 2 N–H and O–H groups in total. The van der Waals surface area contributed by atoms with Crippen molar-refractivity contribution in [1.82, 2.24) is 5.32 Å². The molecule has 0 saturated carbocycles. The molecule has 0 bridgehead atoms. The van der Waals surface area contributed by atoms with Crippen LogP contribution in [-0.4, -0.2) is 17.7 Å². The number of hydrogen-bond donors (Lipinski definition) is 2. The number of aryl methyl sites for hydroxylation is 2. The zero-order valence-electron chi connectivity index (χ0n) is 17.0. The first-order chi connectivity index (χ1) is 11.1. The van der Waals surface area contributed by atoms with Gasteiger partial charge in [-0.2, -0.15) is 0 Å². The van der Waals surface area contributed by atoms with Crippen LogP contribution in [0.1, 0.15) is 83.9 Å². The van der Waals surface area contributed by atoms with E-state index in [9.17, 15) is 5.11 Å². The molecule has 138 valence electrons. The normalized spacial score (nSPS) is 13.5. The van der Waals surface area contributed by atoms with Crippen molar-refractivity contribution < 1.29 is 5.11 Å². The second-order valence-corrected chi connectivity index (χ2v) is 8.84. The minimum Gasteiger partial charge on any atom is -0.507 e. The molecular formula is C22H39NO. The molecule has 0 amide bonds. The van der Waals surface area contributed by atoms with E-state index >= 15 is 0 Å². The van der Waals surface area contributed by atoms with Crippen LogP contribution in [0.25, 0.3) is 0 Å². The molecule has 2 nitrogen and oxygen atoms in total. The van der Waals surface area contributed by atoms with Gasteiger partial charge in [-0.1, -0.05) is 59.6 Å². The Morgan fingerprint density at radius 2 is 1.71 bits per heavy atom. The molecule has 1 aromatic carbocycles. The Labute approximate surface area is 150 Å². The Kier molecular flexibility index (Phi) is 8.29. The van der Waals surface area contributed by atoms with Gasteiger partial charge in [0, 0.05) is 6.04 Å². The van der Waals surface area contributed by atoms with Gasteiger partial charge >= 0.3 is 0 Å². The molecule has 0 aliphatic heterocycles. The van der Waals surface area contributed by atoms with E-state index in [2.05, 4.69) is 59.0 Å². The van der Waals surface area contributed by atoms with Gasteiger partial charge in [-0.25, -0.2) is 0 Å². The predicted molar refractivity (Wildman–Crippen MR) is 106 cm³/mol. The van der Waals surface area contributed by atoms with Crippen molar-refractivity contribution in [2.45, 2.75) is 92.0 Å². The number of benzene rings is 1. The third kappa shape index (κ3) is 7.25. The largest absolute Gasteiger partial charge is 0.507 e. The van der Waals surface area contributed by atoms with E-state index in [0.717, 1.165) is 36.4 Å². The van der Waals surface area contributed by atoms with E-state index in [1.807, 2.05) is 6.92 Å². The van der Waals surface area contributed by atoms with Crippen molar-refractivity contribution in [3.8, 4) is 5.75 Å². The number of hydrogen-bond acceptors (Lipinski definition) is 2. The molecule has 0 spiro atoms. The summed E-state index contributed by atoms with van der Waals surface area (Å²) in [4.78, 5) is 0. The van der Waals surface area contributed by atoms with Crippen molar-refractivity contribution in [2.24, 2.45) is 5.92 Å². The lowest BCUT2D eigenvalue weighted by Gasteiger charge is -2.23. The molecule has 0 aromatic heterocycles. The molecule has 2 heteroatoms. The zero-order chi connectivity index (χ0) is 18.3. The Balaban J connectivity index is 2.44. The van der Waals surface area contributed by atoms with Crippen LogP contribution < -0.4 is 5.32 Å². The first kappa shape index (κ1) is 21.0.